The molecule has 33 heavy (non-hydrogen) atoms. The number of ether oxygens (including phenoxy) is 1. The zero-order valence-electron chi connectivity index (χ0n) is 18.2. The van der Waals surface area contributed by atoms with Gasteiger partial charge < -0.3 is 20.7 Å². The Balaban J connectivity index is 1.68. The van der Waals surface area contributed by atoms with Gasteiger partial charge in [-0.2, -0.15) is 9.97 Å². The van der Waals surface area contributed by atoms with Crippen molar-refractivity contribution >= 4 is 28.4 Å². The zero-order chi connectivity index (χ0) is 23.1. The van der Waals surface area contributed by atoms with Crippen LogP contribution in [0.4, 0.5) is 15.9 Å². The first-order valence-electron chi connectivity index (χ1n) is 10.4. The molecule has 168 valence electrons. The smallest absolute Gasteiger partial charge is 0.304 e. The summed E-state index contributed by atoms with van der Waals surface area (Å²) in [7, 11) is 3.43. The van der Waals surface area contributed by atoms with Crippen LogP contribution in [0.2, 0.25) is 0 Å². The van der Waals surface area contributed by atoms with Crippen LogP contribution in [0.3, 0.4) is 0 Å². The third kappa shape index (κ3) is 3.59. The van der Waals surface area contributed by atoms with Gasteiger partial charge >= 0.3 is 6.01 Å². The summed E-state index contributed by atoms with van der Waals surface area (Å²) in [5.74, 6) is -0.494. The first-order chi connectivity index (χ1) is 16.0. The summed E-state index contributed by atoms with van der Waals surface area (Å²) in [6.07, 6.45) is 0.733. The normalized spacial score (nSPS) is 12.8. The fourth-order valence-electron chi connectivity index (χ4n) is 4.09. The number of aromatic nitrogens is 4. The number of carbonyl (C=O) groups is 1. The Morgan fingerprint density at radius 1 is 1.21 bits per heavy atom. The Morgan fingerprint density at radius 3 is 2.73 bits per heavy atom. The molecular weight excluding hydrogens is 425 g/mol. The fourth-order valence-corrected chi connectivity index (χ4v) is 4.09. The molecule has 1 aliphatic rings. The summed E-state index contributed by atoms with van der Waals surface area (Å²) in [6.45, 7) is 1.37. The van der Waals surface area contributed by atoms with Gasteiger partial charge in [-0.1, -0.05) is 30.3 Å². The molecule has 0 atom stereocenters. The third-order valence-electron chi connectivity index (χ3n) is 5.66. The van der Waals surface area contributed by atoms with Gasteiger partial charge in [-0.05, 0) is 11.6 Å². The van der Waals surface area contributed by atoms with E-state index < -0.39 is 11.7 Å². The molecule has 0 fully saturated rings. The highest BCUT2D eigenvalue weighted by Crippen LogP contribution is 2.35. The van der Waals surface area contributed by atoms with Gasteiger partial charge in [0.05, 0.1) is 23.9 Å². The van der Waals surface area contributed by atoms with Crippen molar-refractivity contribution in [3.8, 4) is 12.0 Å². The molecule has 0 radical (unpaired) electrons. The van der Waals surface area contributed by atoms with Crippen LogP contribution in [-0.2, 0) is 13.0 Å². The van der Waals surface area contributed by atoms with E-state index in [1.165, 1.54) is 17.7 Å². The van der Waals surface area contributed by atoms with Crippen molar-refractivity contribution in [1.29, 1.82) is 0 Å². The van der Waals surface area contributed by atoms with E-state index in [0.29, 0.717) is 17.9 Å². The maximum Gasteiger partial charge on any atom is 0.304 e. The second-order valence-corrected chi connectivity index (χ2v) is 7.80. The summed E-state index contributed by atoms with van der Waals surface area (Å²) in [4.78, 5) is 27.8. The standard InChI is InChI=1S/C23H22FN7O2/c1-30-9-8-16-19(30)21(26-12-13-6-4-3-5-7-13)29-22(27-16)31-17-11-14(24)10-15(20(25)32)18(17)28-23(31)33-2/h3-7,10-11H,8-9,12H2,1-2H3,(H2,25,32)(H,26,27,29). The molecule has 10 heteroatoms. The number of hydrogen-bond donors (Lipinski definition) is 2. The monoisotopic (exact) mass is 447 g/mol. The van der Waals surface area contributed by atoms with E-state index in [-0.39, 0.29) is 23.0 Å². The molecule has 0 bridgehead atoms. The predicted molar refractivity (Wildman–Crippen MR) is 122 cm³/mol. The molecule has 1 amide bonds. The molecule has 4 aromatic rings. The highest BCUT2D eigenvalue weighted by atomic mass is 19.1. The van der Waals surface area contributed by atoms with Crippen LogP contribution < -0.4 is 20.7 Å². The Hall–Kier alpha value is -4.21. The second-order valence-electron chi connectivity index (χ2n) is 7.80. The largest absolute Gasteiger partial charge is 0.468 e. The number of fused-ring (bicyclic) bond motifs is 2. The van der Waals surface area contributed by atoms with Crippen molar-refractivity contribution in [3.05, 3.63) is 65.1 Å². The molecule has 3 heterocycles. The molecule has 0 unspecified atom stereocenters. The lowest BCUT2D eigenvalue weighted by molar-refractivity contribution is 0.100. The third-order valence-corrected chi connectivity index (χ3v) is 5.66. The van der Waals surface area contributed by atoms with E-state index in [4.69, 9.17) is 20.4 Å². The van der Waals surface area contributed by atoms with Gasteiger partial charge in [0.25, 0.3) is 5.91 Å². The van der Waals surface area contributed by atoms with Crippen molar-refractivity contribution in [2.24, 2.45) is 5.73 Å². The van der Waals surface area contributed by atoms with Crippen molar-refractivity contribution in [2.75, 3.05) is 30.9 Å². The Bertz CT molecular complexity index is 1370. The molecule has 0 aliphatic carbocycles. The number of nitrogens with zero attached hydrogens (tertiary/aromatic N) is 5. The molecule has 5 rings (SSSR count). The minimum Gasteiger partial charge on any atom is -0.468 e. The number of benzene rings is 2. The van der Waals surface area contributed by atoms with Gasteiger partial charge in [-0.3, -0.25) is 4.79 Å². The highest BCUT2D eigenvalue weighted by Gasteiger charge is 2.27. The molecule has 0 saturated carbocycles. The van der Waals surface area contributed by atoms with Crippen molar-refractivity contribution in [3.63, 3.8) is 0 Å². The molecule has 9 nitrogen and oxygen atoms in total. The number of halogens is 1. The molecule has 0 spiro atoms. The van der Waals surface area contributed by atoms with E-state index in [9.17, 15) is 9.18 Å². The topological polar surface area (TPSA) is 111 Å². The van der Waals surface area contributed by atoms with Gasteiger partial charge in [0, 0.05) is 32.6 Å². The van der Waals surface area contributed by atoms with Gasteiger partial charge in [0.15, 0.2) is 5.82 Å². The minimum atomic E-state index is -0.784. The first kappa shape index (κ1) is 20.7. The predicted octanol–water partition coefficient (Wildman–Crippen LogP) is 2.67. The molecule has 0 saturated heterocycles. The number of carbonyl (C=O) groups excluding carboxylic acids is 1. The van der Waals surface area contributed by atoms with Crippen LogP contribution in [0.15, 0.2) is 42.5 Å². The number of likely N-dealkylation sites (N-methyl/N-ethyl adjacent to an activating group) is 1. The van der Waals surface area contributed by atoms with Gasteiger partial charge in [-0.15, -0.1) is 0 Å². The number of rotatable bonds is 6. The molecule has 2 aromatic carbocycles. The number of primary amides is 1. The second kappa shape index (κ2) is 8.05. The molecule has 2 aromatic heterocycles. The lowest BCUT2D eigenvalue weighted by Crippen LogP contribution is -2.16. The SMILES string of the molecule is COc1nc2c(C(N)=O)cc(F)cc2n1-c1nc2c(c(NCc3ccccc3)n1)N(C)CC2. The fraction of sp³-hybridized carbons (Fsp3) is 0.217. The van der Waals surface area contributed by atoms with E-state index in [1.807, 2.05) is 37.4 Å². The van der Waals surface area contributed by atoms with Gasteiger partial charge in [-0.25, -0.2) is 13.9 Å². The lowest BCUT2D eigenvalue weighted by atomic mass is 10.1. The van der Waals surface area contributed by atoms with Gasteiger partial charge in [0.1, 0.15) is 17.0 Å². The number of imidazole rings is 1. The van der Waals surface area contributed by atoms with Crippen molar-refractivity contribution in [1.82, 2.24) is 19.5 Å². The number of nitrogens with one attached hydrogen (secondary N) is 1. The summed E-state index contributed by atoms with van der Waals surface area (Å²) in [5, 5.41) is 3.41. The lowest BCUT2D eigenvalue weighted by Gasteiger charge is -2.18. The summed E-state index contributed by atoms with van der Waals surface area (Å²) in [6, 6.07) is 12.4. The average Bonchev–Trinajstić information content (AvgIpc) is 3.37. The maximum atomic E-state index is 14.4. The molecule has 3 N–H and O–H groups in total. The molecular formula is C23H22FN7O2. The number of hydrogen-bond acceptors (Lipinski definition) is 7. The Kier molecular flexibility index (Phi) is 5.04. The molecule has 1 aliphatic heterocycles. The van der Waals surface area contributed by atoms with Gasteiger partial charge in [0.2, 0.25) is 5.95 Å². The van der Waals surface area contributed by atoms with Crippen LogP contribution in [0, 0.1) is 5.82 Å². The van der Waals surface area contributed by atoms with E-state index in [1.54, 1.807) is 0 Å². The summed E-state index contributed by atoms with van der Waals surface area (Å²) >= 11 is 0. The number of amides is 1. The van der Waals surface area contributed by atoms with E-state index in [2.05, 4.69) is 15.2 Å². The highest BCUT2D eigenvalue weighted by molar-refractivity contribution is 6.04. The first-order valence-corrected chi connectivity index (χ1v) is 10.4. The zero-order valence-corrected chi connectivity index (χ0v) is 18.2. The van der Waals surface area contributed by atoms with E-state index in [0.717, 1.165) is 36.0 Å². The van der Waals surface area contributed by atoms with Crippen LogP contribution in [0.1, 0.15) is 21.6 Å². The van der Waals surface area contributed by atoms with Crippen molar-refractivity contribution < 1.29 is 13.9 Å². The number of methoxy groups -OCH3 is 1. The average molecular weight is 447 g/mol. The summed E-state index contributed by atoms with van der Waals surface area (Å²) in [5.41, 5.74) is 8.81. The Labute approximate surface area is 189 Å². The van der Waals surface area contributed by atoms with Crippen LogP contribution in [0.25, 0.3) is 17.0 Å². The van der Waals surface area contributed by atoms with Crippen molar-refractivity contribution in [2.45, 2.75) is 13.0 Å². The van der Waals surface area contributed by atoms with Crippen LogP contribution in [0.5, 0.6) is 6.01 Å². The quantitative estimate of drug-likeness (QED) is 0.467. The minimum absolute atomic E-state index is 0.0367. The van der Waals surface area contributed by atoms with Crippen LogP contribution in [-0.4, -0.2) is 46.1 Å². The van der Waals surface area contributed by atoms with Crippen LogP contribution >= 0.6 is 0 Å². The van der Waals surface area contributed by atoms with E-state index >= 15 is 0 Å². The maximum absolute atomic E-state index is 14.4. The Morgan fingerprint density at radius 2 is 2.00 bits per heavy atom. The number of nitrogens with two attached hydrogens (primary N) is 1. The summed E-state index contributed by atoms with van der Waals surface area (Å²) < 4.78 is 21.3. The number of anilines is 2.